The molecule has 9 heteroatoms. The Labute approximate surface area is 140 Å². The van der Waals surface area contributed by atoms with Gasteiger partial charge < -0.3 is 14.9 Å². The third-order valence-corrected chi connectivity index (χ3v) is 4.08. The summed E-state index contributed by atoms with van der Waals surface area (Å²) >= 11 is 6.03. The Hall–Kier alpha value is -2.39. The average Bonchev–Trinajstić information content (AvgIpc) is 2.74. The number of hydrogen-bond acceptors (Lipinski definition) is 6. The zero-order valence-electron chi connectivity index (χ0n) is 11.6. The van der Waals surface area contributed by atoms with E-state index in [9.17, 15) is 14.4 Å². The van der Waals surface area contributed by atoms with E-state index in [2.05, 4.69) is 0 Å². The molecule has 0 aromatic heterocycles. The van der Waals surface area contributed by atoms with Crippen LogP contribution in [0.2, 0.25) is 0 Å². The number of rotatable bonds is 6. The molecule has 2 N–H and O–H groups in total. The lowest BCUT2D eigenvalue weighted by Gasteiger charge is -2.10. The summed E-state index contributed by atoms with van der Waals surface area (Å²) in [7, 11) is 0. The van der Waals surface area contributed by atoms with Crippen LogP contribution >= 0.6 is 24.0 Å². The minimum Gasteiger partial charge on any atom is -0.482 e. The van der Waals surface area contributed by atoms with E-state index in [0.717, 1.165) is 16.7 Å². The zero-order chi connectivity index (χ0) is 17.0. The third kappa shape index (κ3) is 4.54. The molecule has 1 aromatic rings. The normalized spacial score (nSPS) is 16.0. The summed E-state index contributed by atoms with van der Waals surface area (Å²) in [5.74, 6) is -2.27. The van der Waals surface area contributed by atoms with E-state index in [1.165, 1.54) is 0 Å². The van der Waals surface area contributed by atoms with Crippen molar-refractivity contribution in [3.05, 3.63) is 34.7 Å². The standard InChI is InChI=1S/C14H11NO6S2/c16-11(17)6-15-13(20)10(23-14(15)22)5-8-1-3-9(4-2-8)21-7-12(18)19/h1-5H,6-7H2,(H,16,17)(H,18,19)/b10-5+. The molecule has 1 aliphatic rings. The second-order valence-electron chi connectivity index (χ2n) is 4.41. The van der Waals surface area contributed by atoms with Gasteiger partial charge in [-0.25, -0.2) is 4.79 Å². The van der Waals surface area contributed by atoms with Crippen molar-refractivity contribution in [2.24, 2.45) is 0 Å². The summed E-state index contributed by atoms with van der Waals surface area (Å²) in [4.78, 5) is 34.6. The molecular weight excluding hydrogens is 342 g/mol. The SMILES string of the molecule is O=C(O)COc1ccc(/C=C2/SC(=S)N(CC(=O)O)C2=O)cc1. The Morgan fingerprint density at radius 1 is 1.22 bits per heavy atom. The predicted molar refractivity (Wildman–Crippen MR) is 87.1 cm³/mol. The van der Waals surface area contributed by atoms with Gasteiger partial charge in [-0.3, -0.25) is 14.5 Å². The van der Waals surface area contributed by atoms with Gasteiger partial charge >= 0.3 is 11.9 Å². The molecule has 0 atom stereocenters. The molecule has 0 bridgehead atoms. The number of ether oxygens (including phenoxy) is 1. The molecule has 0 saturated carbocycles. The van der Waals surface area contributed by atoms with E-state index in [1.54, 1.807) is 30.3 Å². The monoisotopic (exact) mass is 353 g/mol. The number of nitrogens with zero attached hydrogens (tertiary/aromatic N) is 1. The first-order chi connectivity index (χ1) is 10.9. The predicted octanol–water partition coefficient (Wildman–Crippen LogP) is 1.44. The molecule has 23 heavy (non-hydrogen) atoms. The van der Waals surface area contributed by atoms with E-state index in [1.807, 2.05) is 0 Å². The Bertz CT molecular complexity index is 698. The Morgan fingerprint density at radius 3 is 2.43 bits per heavy atom. The quantitative estimate of drug-likeness (QED) is 0.585. The Balaban J connectivity index is 2.09. The molecule has 1 fully saturated rings. The van der Waals surface area contributed by atoms with Crippen LogP contribution in [0.5, 0.6) is 5.75 Å². The van der Waals surface area contributed by atoms with Gasteiger partial charge in [0.15, 0.2) is 6.61 Å². The van der Waals surface area contributed by atoms with Crippen molar-refractivity contribution in [3.63, 3.8) is 0 Å². The first-order valence-corrected chi connectivity index (χ1v) is 7.51. The van der Waals surface area contributed by atoms with Crippen LogP contribution in [0.15, 0.2) is 29.2 Å². The van der Waals surface area contributed by atoms with Gasteiger partial charge in [0.25, 0.3) is 5.91 Å². The summed E-state index contributed by atoms with van der Waals surface area (Å²) in [5, 5.41) is 17.3. The van der Waals surface area contributed by atoms with Crippen molar-refractivity contribution >= 4 is 52.2 Å². The second kappa shape index (κ2) is 7.25. The van der Waals surface area contributed by atoms with Crippen LogP contribution in [0.1, 0.15) is 5.56 Å². The van der Waals surface area contributed by atoms with Gasteiger partial charge in [-0.2, -0.15) is 0 Å². The fourth-order valence-corrected chi connectivity index (χ4v) is 2.98. The highest BCUT2D eigenvalue weighted by atomic mass is 32.2. The maximum atomic E-state index is 12.1. The van der Waals surface area contributed by atoms with Crippen molar-refractivity contribution in [1.82, 2.24) is 4.90 Å². The number of hydrogen-bond donors (Lipinski definition) is 2. The summed E-state index contributed by atoms with van der Waals surface area (Å²) in [6.07, 6.45) is 1.59. The minimum atomic E-state index is -1.14. The maximum absolute atomic E-state index is 12.1. The molecule has 1 heterocycles. The van der Waals surface area contributed by atoms with E-state index < -0.39 is 31.0 Å². The number of aliphatic carboxylic acids is 2. The number of carboxylic acids is 2. The highest BCUT2D eigenvalue weighted by molar-refractivity contribution is 8.26. The molecule has 1 saturated heterocycles. The molecule has 7 nitrogen and oxygen atoms in total. The number of thiocarbonyl (C=S) groups is 1. The largest absolute Gasteiger partial charge is 0.482 e. The summed E-state index contributed by atoms with van der Waals surface area (Å²) in [6.45, 7) is -0.906. The molecule has 0 spiro atoms. The van der Waals surface area contributed by atoms with Crippen molar-refractivity contribution in [2.45, 2.75) is 0 Å². The summed E-state index contributed by atoms with van der Waals surface area (Å²) in [5.41, 5.74) is 0.684. The molecule has 120 valence electrons. The van der Waals surface area contributed by atoms with Crippen molar-refractivity contribution < 1.29 is 29.3 Å². The van der Waals surface area contributed by atoms with Gasteiger partial charge in [-0.05, 0) is 23.8 Å². The van der Waals surface area contributed by atoms with Gasteiger partial charge in [-0.15, -0.1) is 0 Å². The summed E-state index contributed by atoms with van der Waals surface area (Å²) in [6, 6.07) is 6.46. The lowest BCUT2D eigenvalue weighted by molar-refractivity contribution is -0.140. The fraction of sp³-hybridized carbons (Fsp3) is 0.143. The molecule has 2 rings (SSSR count). The van der Waals surface area contributed by atoms with Gasteiger partial charge in [0, 0.05) is 0 Å². The highest BCUT2D eigenvalue weighted by Crippen LogP contribution is 2.32. The van der Waals surface area contributed by atoms with Gasteiger partial charge in [-0.1, -0.05) is 36.1 Å². The maximum Gasteiger partial charge on any atom is 0.341 e. The van der Waals surface area contributed by atoms with Gasteiger partial charge in [0.05, 0.1) is 4.91 Å². The number of benzene rings is 1. The van der Waals surface area contributed by atoms with Crippen LogP contribution in [0.3, 0.4) is 0 Å². The zero-order valence-corrected chi connectivity index (χ0v) is 13.2. The van der Waals surface area contributed by atoms with Crippen molar-refractivity contribution in [1.29, 1.82) is 0 Å². The number of carbonyl (C=O) groups is 3. The Kier molecular flexibility index (Phi) is 5.35. The number of amides is 1. The number of carboxylic acid groups (broad SMARTS) is 2. The molecule has 1 aliphatic heterocycles. The third-order valence-electron chi connectivity index (χ3n) is 2.71. The molecule has 0 radical (unpaired) electrons. The summed E-state index contributed by atoms with van der Waals surface area (Å²) < 4.78 is 5.20. The van der Waals surface area contributed by atoms with Crippen molar-refractivity contribution in [3.8, 4) is 5.75 Å². The molecule has 0 aliphatic carbocycles. The molecule has 1 aromatic carbocycles. The second-order valence-corrected chi connectivity index (χ2v) is 6.09. The van der Waals surface area contributed by atoms with Crippen LogP contribution in [0.25, 0.3) is 6.08 Å². The highest BCUT2D eigenvalue weighted by Gasteiger charge is 2.33. The van der Waals surface area contributed by atoms with Crippen LogP contribution in [-0.2, 0) is 14.4 Å². The number of thioether (sulfide) groups is 1. The van der Waals surface area contributed by atoms with Crippen molar-refractivity contribution in [2.75, 3.05) is 13.2 Å². The molecular formula is C14H11NO6S2. The van der Waals surface area contributed by atoms with E-state index >= 15 is 0 Å². The number of carbonyl (C=O) groups excluding carboxylic acids is 1. The van der Waals surface area contributed by atoms with Crippen LogP contribution in [-0.4, -0.2) is 50.4 Å². The van der Waals surface area contributed by atoms with E-state index in [4.69, 9.17) is 27.2 Å². The smallest absolute Gasteiger partial charge is 0.341 e. The average molecular weight is 353 g/mol. The minimum absolute atomic E-state index is 0.199. The lowest BCUT2D eigenvalue weighted by atomic mass is 10.2. The van der Waals surface area contributed by atoms with Crippen LogP contribution in [0, 0.1) is 0 Å². The Morgan fingerprint density at radius 2 is 1.87 bits per heavy atom. The van der Waals surface area contributed by atoms with Crippen LogP contribution in [0.4, 0.5) is 0 Å². The lowest BCUT2D eigenvalue weighted by Crippen LogP contribution is -2.33. The first kappa shape index (κ1) is 17.0. The van der Waals surface area contributed by atoms with Gasteiger partial charge in [0.1, 0.15) is 16.6 Å². The molecule has 0 unspecified atom stereocenters. The van der Waals surface area contributed by atoms with E-state index in [-0.39, 0.29) is 4.32 Å². The van der Waals surface area contributed by atoms with Gasteiger partial charge in [0.2, 0.25) is 0 Å². The van der Waals surface area contributed by atoms with E-state index in [0.29, 0.717) is 16.2 Å². The topological polar surface area (TPSA) is 104 Å². The fourth-order valence-electron chi connectivity index (χ4n) is 1.73. The van der Waals surface area contributed by atoms with Crippen LogP contribution < -0.4 is 4.74 Å². The first-order valence-electron chi connectivity index (χ1n) is 6.28. The molecule has 1 amide bonds.